The smallest absolute Gasteiger partial charge is 0.0836 e. The average Bonchev–Trinajstić information content (AvgIpc) is 2.41. The molecule has 0 radical (unpaired) electrons. The van der Waals surface area contributed by atoms with Gasteiger partial charge < -0.3 is 5.11 Å². The van der Waals surface area contributed by atoms with Crippen LogP contribution in [0.3, 0.4) is 0 Å². The molecule has 0 saturated heterocycles. The van der Waals surface area contributed by atoms with Crippen molar-refractivity contribution in [3.05, 3.63) is 47.5 Å². The molecular formula is C17H16O. The topological polar surface area (TPSA) is 20.2 Å². The average molecular weight is 236 g/mol. The molecule has 1 heteroatoms. The van der Waals surface area contributed by atoms with Gasteiger partial charge in [-0.1, -0.05) is 36.4 Å². The van der Waals surface area contributed by atoms with Crippen molar-refractivity contribution in [1.29, 1.82) is 0 Å². The number of aliphatic hydroxyl groups is 1. The van der Waals surface area contributed by atoms with Crippen LogP contribution in [0.25, 0.3) is 10.8 Å². The molecule has 1 N–H and O–H groups in total. The van der Waals surface area contributed by atoms with Gasteiger partial charge in [0, 0.05) is 12.3 Å². The summed E-state index contributed by atoms with van der Waals surface area (Å²) in [6, 6.07) is 12.5. The van der Waals surface area contributed by atoms with Crippen molar-refractivity contribution in [2.45, 2.75) is 25.4 Å². The van der Waals surface area contributed by atoms with E-state index in [0.29, 0.717) is 6.42 Å². The first-order valence-corrected chi connectivity index (χ1v) is 6.43. The standard InChI is InChI=1S/C17H16O/c1-2-5-14-11-10-13-9-8-12-6-3-4-7-15(12)16(13)17(14)18/h1,3-4,6-9,14,17-18H,5,10-11H2. The highest BCUT2D eigenvalue weighted by atomic mass is 16.3. The van der Waals surface area contributed by atoms with Crippen LogP contribution in [0, 0.1) is 18.3 Å². The molecule has 0 spiro atoms. The lowest BCUT2D eigenvalue weighted by Gasteiger charge is -2.30. The Labute approximate surface area is 107 Å². The van der Waals surface area contributed by atoms with E-state index in [0.717, 1.165) is 18.4 Å². The SMILES string of the molecule is C#CCC1CCc2ccc3ccccc3c2C1O. The number of hydrogen-bond donors (Lipinski definition) is 1. The summed E-state index contributed by atoms with van der Waals surface area (Å²) in [5, 5.41) is 12.9. The van der Waals surface area contributed by atoms with E-state index >= 15 is 0 Å². The van der Waals surface area contributed by atoms with Crippen LogP contribution in [-0.4, -0.2) is 5.11 Å². The maximum Gasteiger partial charge on any atom is 0.0836 e. The predicted molar refractivity (Wildman–Crippen MR) is 74.2 cm³/mol. The van der Waals surface area contributed by atoms with Crippen molar-refractivity contribution >= 4 is 10.8 Å². The third-order valence-corrected chi connectivity index (χ3v) is 3.97. The molecule has 2 aromatic rings. The first-order chi connectivity index (χ1) is 8.81. The van der Waals surface area contributed by atoms with E-state index in [1.54, 1.807) is 0 Å². The molecule has 0 aliphatic heterocycles. The van der Waals surface area contributed by atoms with Gasteiger partial charge in [0.05, 0.1) is 6.10 Å². The van der Waals surface area contributed by atoms with Crippen molar-refractivity contribution in [3.8, 4) is 12.3 Å². The zero-order valence-electron chi connectivity index (χ0n) is 10.3. The van der Waals surface area contributed by atoms with Gasteiger partial charge in [0.15, 0.2) is 0 Å². The molecule has 0 aromatic heterocycles. The molecule has 2 aromatic carbocycles. The Morgan fingerprint density at radius 2 is 2.06 bits per heavy atom. The molecule has 3 rings (SSSR count). The molecular weight excluding hydrogens is 220 g/mol. The number of hydrogen-bond acceptors (Lipinski definition) is 1. The summed E-state index contributed by atoms with van der Waals surface area (Å²) in [5.74, 6) is 2.89. The van der Waals surface area contributed by atoms with Crippen LogP contribution in [0.15, 0.2) is 36.4 Å². The third kappa shape index (κ3) is 1.70. The quantitative estimate of drug-likeness (QED) is 0.752. The third-order valence-electron chi connectivity index (χ3n) is 3.97. The Balaban J connectivity index is 2.17. The van der Waals surface area contributed by atoms with Crippen molar-refractivity contribution in [2.75, 3.05) is 0 Å². The fraction of sp³-hybridized carbons (Fsp3) is 0.294. The van der Waals surface area contributed by atoms with E-state index < -0.39 is 6.10 Å². The molecule has 1 aliphatic carbocycles. The number of aryl methyl sites for hydroxylation is 1. The molecule has 2 atom stereocenters. The minimum Gasteiger partial charge on any atom is -0.388 e. The monoisotopic (exact) mass is 236 g/mol. The first-order valence-electron chi connectivity index (χ1n) is 6.43. The Bertz CT molecular complexity index is 621. The van der Waals surface area contributed by atoms with E-state index in [1.807, 2.05) is 12.1 Å². The summed E-state index contributed by atoms with van der Waals surface area (Å²) in [6.07, 6.45) is 7.63. The molecule has 0 amide bonds. The first kappa shape index (κ1) is 11.3. The van der Waals surface area contributed by atoms with Crippen LogP contribution >= 0.6 is 0 Å². The number of fused-ring (bicyclic) bond motifs is 3. The number of rotatable bonds is 1. The molecule has 2 unspecified atom stereocenters. The van der Waals surface area contributed by atoms with Gasteiger partial charge >= 0.3 is 0 Å². The van der Waals surface area contributed by atoms with E-state index in [4.69, 9.17) is 6.42 Å². The molecule has 0 saturated carbocycles. The second-order valence-electron chi connectivity index (χ2n) is 5.01. The van der Waals surface area contributed by atoms with Gasteiger partial charge in [0.1, 0.15) is 0 Å². The lowest BCUT2D eigenvalue weighted by Crippen LogP contribution is -2.20. The maximum absolute atomic E-state index is 10.6. The Morgan fingerprint density at radius 1 is 1.22 bits per heavy atom. The molecule has 0 fully saturated rings. The minimum absolute atomic E-state index is 0.202. The van der Waals surface area contributed by atoms with Gasteiger partial charge in [-0.15, -0.1) is 12.3 Å². The van der Waals surface area contributed by atoms with Gasteiger partial charge in [0.25, 0.3) is 0 Å². The van der Waals surface area contributed by atoms with E-state index in [1.165, 1.54) is 16.3 Å². The lowest BCUT2D eigenvalue weighted by atomic mass is 9.78. The zero-order valence-corrected chi connectivity index (χ0v) is 10.3. The lowest BCUT2D eigenvalue weighted by molar-refractivity contribution is 0.0978. The van der Waals surface area contributed by atoms with Crippen LogP contribution in [0.5, 0.6) is 0 Å². The minimum atomic E-state index is -0.420. The van der Waals surface area contributed by atoms with Crippen molar-refractivity contribution in [2.24, 2.45) is 5.92 Å². The van der Waals surface area contributed by atoms with Crippen molar-refractivity contribution < 1.29 is 5.11 Å². The molecule has 18 heavy (non-hydrogen) atoms. The highest BCUT2D eigenvalue weighted by Crippen LogP contribution is 2.39. The summed E-state index contributed by atoms with van der Waals surface area (Å²) >= 11 is 0. The van der Waals surface area contributed by atoms with Crippen LogP contribution < -0.4 is 0 Å². The molecule has 1 aliphatic rings. The van der Waals surface area contributed by atoms with Gasteiger partial charge in [-0.25, -0.2) is 0 Å². The fourth-order valence-corrected chi connectivity index (χ4v) is 3.01. The Morgan fingerprint density at radius 3 is 2.89 bits per heavy atom. The summed E-state index contributed by atoms with van der Waals surface area (Å²) in [6.45, 7) is 0. The summed E-state index contributed by atoms with van der Waals surface area (Å²) in [4.78, 5) is 0. The molecule has 90 valence electrons. The number of aliphatic hydroxyl groups excluding tert-OH is 1. The van der Waals surface area contributed by atoms with Crippen molar-refractivity contribution in [3.63, 3.8) is 0 Å². The second-order valence-corrected chi connectivity index (χ2v) is 5.01. The van der Waals surface area contributed by atoms with Crippen LogP contribution in [-0.2, 0) is 6.42 Å². The van der Waals surface area contributed by atoms with E-state index in [-0.39, 0.29) is 5.92 Å². The Kier molecular flexibility index (Phi) is 2.81. The molecule has 0 bridgehead atoms. The highest BCUT2D eigenvalue weighted by Gasteiger charge is 2.28. The van der Waals surface area contributed by atoms with Gasteiger partial charge in [0.2, 0.25) is 0 Å². The summed E-state index contributed by atoms with van der Waals surface area (Å²) in [7, 11) is 0. The van der Waals surface area contributed by atoms with E-state index in [2.05, 4.69) is 30.2 Å². The van der Waals surface area contributed by atoms with E-state index in [9.17, 15) is 5.11 Å². The molecule has 1 nitrogen and oxygen atoms in total. The predicted octanol–water partition coefficient (Wildman–Crippen LogP) is 3.46. The van der Waals surface area contributed by atoms with Gasteiger partial charge in [-0.2, -0.15) is 0 Å². The van der Waals surface area contributed by atoms with Crippen LogP contribution in [0.1, 0.15) is 30.1 Å². The Hall–Kier alpha value is -1.78. The fourth-order valence-electron chi connectivity index (χ4n) is 3.01. The van der Waals surface area contributed by atoms with Crippen molar-refractivity contribution in [1.82, 2.24) is 0 Å². The number of benzene rings is 2. The molecule has 0 heterocycles. The zero-order chi connectivity index (χ0) is 12.5. The summed E-state index contributed by atoms with van der Waals surface area (Å²) in [5.41, 5.74) is 2.37. The van der Waals surface area contributed by atoms with Crippen LogP contribution in [0.4, 0.5) is 0 Å². The van der Waals surface area contributed by atoms with Crippen LogP contribution in [0.2, 0.25) is 0 Å². The second kappa shape index (κ2) is 4.48. The number of terminal acetylenes is 1. The highest BCUT2D eigenvalue weighted by molar-refractivity contribution is 5.87. The van der Waals surface area contributed by atoms with Gasteiger partial charge in [-0.3, -0.25) is 0 Å². The summed E-state index contributed by atoms with van der Waals surface area (Å²) < 4.78 is 0. The maximum atomic E-state index is 10.6. The normalized spacial score (nSPS) is 22.4. The largest absolute Gasteiger partial charge is 0.388 e. The van der Waals surface area contributed by atoms with Gasteiger partial charge in [-0.05, 0) is 34.7 Å².